The van der Waals surface area contributed by atoms with E-state index in [2.05, 4.69) is 18.3 Å². The van der Waals surface area contributed by atoms with E-state index in [1.54, 1.807) is 16.8 Å². The first-order chi connectivity index (χ1) is 17.2. The van der Waals surface area contributed by atoms with Gasteiger partial charge in [-0.2, -0.15) is 11.3 Å². The van der Waals surface area contributed by atoms with Gasteiger partial charge in [-0.15, -0.1) is 0 Å². The molecule has 2 aromatic carbocycles. The summed E-state index contributed by atoms with van der Waals surface area (Å²) in [4.78, 5) is 24.9. The Morgan fingerprint density at radius 3 is 2.47 bits per heavy atom. The van der Waals surface area contributed by atoms with Gasteiger partial charge in [-0.05, 0) is 53.1 Å². The van der Waals surface area contributed by atoms with Crippen LogP contribution in [0.4, 0.5) is 8.78 Å². The van der Waals surface area contributed by atoms with Crippen LogP contribution in [-0.2, 0) is 28.9 Å². The number of carbonyl (C=O) groups is 2. The lowest BCUT2D eigenvalue weighted by molar-refractivity contribution is -0.159. The minimum absolute atomic E-state index is 0.0313. The zero-order chi connectivity index (χ0) is 26.1. The highest BCUT2D eigenvalue weighted by Gasteiger charge is 2.28. The number of hydrogen-bond acceptors (Lipinski definition) is 7. The van der Waals surface area contributed by atoms with Gasteiger partial charge in [-0.1, -0.05) is 31.2 Å². The van der Waals surface area contributed by atoms with Crippen molar-refractivity contribution in [3.05, 3.63) is 93.2 Å². The molecule has 6 nitrogen and oxygen atoms in total. The number of esters is 1. The summed E-state index contributed by atoms with van der Waals surface area (Å²) in [6.07, 6.45) is -2.09. The second kappa shape index (κ2) is 13.4. The Hall–Kier alpha value is -2.98. The van der Waals surface area contributed by atoms with Crippen molar-refractivity contribution in [2.24, 2.45) is 5.73 Å². The standard InChI is InChI=1S/C27H30F2N2O4S/c1-2-17-4-3-5-18(8-17)14-31-15-26(23(30)11-19-9-21(28)12-22(29)10-19)35-27(34)25(33)13-24(32)20-6-7-36-16-20/h3-10,12,16,23,25-26,31,33H,2,11,13-15,30H2,1H3/t23?,25-,26?/m0/s1. The van der Waals surface area contributed by atoms with E-state index in [0.29, 0.717) is 17.7 Å². The van der Waals surface area contributed by atoms with Crippen molar-refractivity contribution in [1.82, 2.24) is 5.32 Å². The molecule has 0 aliphatic rings. The monoisotopic (exact) mass is 516 g/mol. The maximum Gasteiger partial charge on any atom is 0.335 e. The number of ketones is 1. The summed E-state index contributed by atoms with van der Waals surface area (Å²) in [7, 11) is 0. The average Bonchev–Trinajstić information content (AvgIpc) is 3.38. The largest absolute Gasteiger partial charge is 0.457 e. The fourth-order valence-corrected chi connectivity index (χ4v) is 4.42. The van der Waals surface area contributed by atoms with E-state index in [9.17, 15) is 23.5 Å². The van der Waals surface area contributed by atoms with Crippen molar-refractivity contribution in [3.8, 4) is 0 Å². The smallest absolute Gasteiger partial charge is 0.335 e. The van der Waals surface area contributed by atoms with Gasteiger partial charge in [0.25, 0.3) is 0 Å². The minimum Gasteiger partial charge on any atom is -0.457 e. The van der Waals surface area contributed by atoms with Gasteiger partial charge >= 0.3 is 5.97 Å². The second-order valence-electron chi connectivity index (χ2n) is 8.58. The minimum atomic E-state index is -1.67. The molecule has 4 N–H and O–H groups in total. The zero-order valence-corrected chi connectivity index (χ0v) is 20.8. The normalized spacial score (nSPS) is 13.7. The molecule has 36 heavy (non-hydrogen) atoms. The van der Waals surface area contributed by atoms with Crippen molar-refractivity contribution in [1.29, 1.82) is 0 Å². The predicted octanol–water partition coefficient (Wildman–Crippen LogP) is 3.79. The molecule has 0 saturated heterocycles. The molecule has 1 heterocycles. The van der Waals surface area contributed by atoms with Gasteiger partial charge in [0.05, 0.1) is 0 Å². The van der Waals surface area contributed by atoms with Crippen LogP contribution in [-0.4, -0.2) is 41.7 Å². The van der Waals surface area contributed by atoms with Crippen LogP contribution in [0.25, 0.3) is 0 Å². The van der Waals surface area contributed by atoms with Crippen molar-refractivity contribution in [3.63, 3.8) is 0 Å². The Kier molecular flexibility index (Phi) is 10.2. The summed E-state index contributed by atoms with van der Waals surface area (Å²) in [5.74, 6) is -2.84. The number of Topliss-reactive ketones (excluding diaryl/α,β-unsaturated/α-hetero) is 1. The van der Waals surface area contributed by atoms with Crippen LogP contribution in [0.15, 0.2) is 59.3 Å². The van der Waals surface area contributed by atoms with Crippen molar-refractivity contribution in [2.75, 3.05) is 6.54 Å². The molecular weight excluding hydrogens is 486 g/mol. The number of aryl methyl sites for hydroxylation is 1. The molecule has 9 heteroatoms. The van der Waals surface area contributed by atoms with E-state index < -0.39 is 42.3 Å². The van der Waals surface area contributed by atoms with Gasteiger partial charge in [-0.3, -0.25) is 4.79 Å². The van der Waals surface area contributed by atoms with Gasteiger partial charge < -0.3 is 20.9 Å². The fraction of sp³-hybridized carbons (Fsp3) is 0.333. The number of nitrogens with two attached hydrogens (primary N) is 1. The molecule has 0 aliphatic carbocycles. The maximum absolute atomic E-state index is 13.6. The average molecular weight is 517 g/mol. The van der Waals surface area contributed by atoms with E-state index in [-0.39, 0.29) is 18.7 Å². The van der Waals surface area contributed by atoms with Crippen molar-refractivity contribution >= 4 is 23.1 Å². The number of carbonyl (C=O) groups excluding carboxylic acids is 2. The molecule has 1 aromatic heterocycles. The number of aliphatic hydroxyl groups is 1. The SMILES string of the molecule is CCc1cccc(CNCC(OC(=O)[C@@H](O)CC(=O)c2ccsc2)C(N)Cc2cc(F)cc(F)c2)c1. The lowest BCUT2D eigenvalue weighted by Crippen LogP contribution is -2.47. The van der Waals surface area contributed by atoms with Crippen molar-refractivity contribution < 1.29 is 28.2 Å². The van der Waals surface area contributed by atoms with Gasteiger partial charge in [0, 0.05) is 42.6 Å². The third-order valence-corrected chi connectivity index (χ3v) is 6.39. The van der Waals surface area contributed by atoms with Crippen LogP contribution >= 0.6 is 11.3 Å². The summed E-state index contributed by atoms with van der Waals surface area (Å²) in [5.41, 5.74) is 9.22. The van der Waals surface area contributed by atoms with Gasteiger partial charge in [0.15, 0.2) is 11.9 Å². The molecular formula is C27H30F2N2O4S. The van der Waals surface area contributed by atoms with Crippen LogP contribution in [0.5, 0.6) is 0 Å². The summed E-state index contributed by atoms with van der Waals surface area (Å²) in [5, 5.41) is 16.8. The Bertz CT molecular complexity index is 1140. The molecule has 0 amide bonds. The molecule has 0 fully saturated rings. The zero-order valence-electron chi connectivity index (χ0n) is 20.0. The van der Waals surface area contributed by atoms with Crippen LogP contribution in [0.3, 0.4) is 0 Å². The first-order valence-corrected chi connectivity index (χ1v) is 12.6. The number of halogens is 2. The number of aliphatic hydroxyl groups excluding tert-OH is 1. The molecule has 0 aliphatic heterocycles. The molecule has 3 atom stereocenters. The molecule has 2 unspecified atom stereocenters. The number of hydrogen-bond donors (Lipinski definition) is 3. The molecule has 3 aromatic rings. The number of nitrogens with one attached hydrogen (secondary N) is 1. The van der Waals surface area contributed by atoms with Gasteiger partial charge in [0.2, 0.25) is 0 Å². The summed E-state index contributed by atoms with van der Waals surface area (Å²) < 4.78 is 32.8. The van der Waals surface area contributed by atoms with Gasteiger partial charge in [0.1, 0.15) is 17.7 Å². The highest BCUT2D eigenvalue weighted by atomic mass is 32.1. The fourth-order valence-electron chi connectivity index (χ4n) is 3.76. The first-order valence-electron chi connectivity index (χ1n) is 11.7. The van der Waals surface area contributed by atoms with E-state index in [4.69, 9.17) is 10.5 Å². The van der Waals surface area contributed by atoms with Crippen molar-refractivity contribution in [2.45, 2.75) is 51.0 Å². The lowest BCUT2D eigenvalue weighted by atomic mass is 10.0. The van der Waals surface area contributed by atoms with E-state index in [1.165, 1.54) is 29.0 Å². The van der Waals surface area contributed by atoms with Crippen LogP contribution in [0.2, 0.25) is 0 Å². The van der Waals surface area contributed by atoms with Crippen LogP contribution < -0.4 is 11.1 Å². The lowest BCUT2D eigenvalue weighted by Gasteiger charge is -2.26. The van der Waals surface area contributed by atoms with E-state index >= 15 is 0 Å². The molecule has 0 bridgehead atoms. The van der Waals surface area contributed by atoms with E-state index in [1.807, 2.05) is 18.2 Å². The quantitative estimate of drug-likeness (QED) is 0.236. The molecule has 192 valence electrons. The Morgan fingerprint density at radius 2 is 1.81 bits per heavy atom. The molecule has 0 spiro atoms. The highest BCUT2D eigenvalue weighted by molar-refractivity contribution is 7.08. The Labute approximate surface area is 213 Å². The summed E-state index contributed by atoms with van der Waals surface area (Å²) >= 11 is 1.33. The first kappa shape index (κ1) is 27.6. The summed E-state index contributed by atoms with van der Waals surface area (Å²) in [6.45, 7) is 2.67. The van der Waals surface area contributed by atoms with Crippen LogP contribution in [0, 0.1) is 11.6 Å². The third kappa shape index (κ3) is 8.30. The Morgan fingerprint density at radius 1 is 1.08 bits per heavy atom. The topological polar surface area (TPSA) is 102 Å². The van der Waals surface area contributed by atoms with E-state index in [0.717, 1.165) is 18.1 Å². The molecule has 0 saturated carbocycles. The van der Waals surface area contributed by atoms with Crippen LogP contribution in [0.1, 0.15) is 40.4 Å². The summed E-state index contributed by atoms with van der Waals surface area (Å²) in [6, 6.07) is 11.9. The third-order valence-electron chi connectivity index (χ3n) is 5.71. The predicted molar refractivity (Wildman–Crippen MR) is 135 cm³/mol. The number of benzene rings is 2. The molecule has 0 radical (unpaired) electrons. The number of rotatable bonds is 13. The highest BCUT2D eigenvalue weighted by Crippen LogP contribution is 2.15. The molecule has 3 rings (SSSR count). The van der Waals surface area contributed by atoms with Gasteiger partial charge in [-0.25, -0.2) is 13.6 Å². The number of ether oxygens (including phenoxy) is 1. The number of thiophene rings is 1. The second-order valence-corrected chi connectivity index (χ2v) is 9.36. The maximum atomic E-state index is 13.6. The Balaban J connectivity index is 1.66.